The summed E-state index contributed by atoms with van der Waals surface area (Å²) in [5, 5.41) is 9.88. The Labute approximate surface area is 160 Å². The van der Waals surface area contributed by atoms with Gasteiger partial charge in [0.1, 0.15) is 5.75 Å². The van der Waals surface area contributed by atoms with Crippen LogP contribution in [0.15, 0.2) is 34.6 Å². The van der Waals surface area contributed by atoms with Crippen molar-refractivity contribution < 1.29 is 4.74 Å². The lowest BCUT2D eigenvalue weighted by Crippen LogP contribution is -2.38. The van der Waals surface area contributed by atoms with Gasteiger partial charge in [0.05, 0.1) is 23.9 Å². The number of thiazole rings is 1. The van der Waals surface area contributed by atoms with Crippen molar-refractivity contribution >= 4 is 17.3 Å². The lowest BCUT2D eigenvalue weighted by atomic mass is 10.2. The number of aromatic nitrogens is 1. The molecular formula is C20H30N4OS. The van der Waals surface area contributed by atoms with Crippen LogP contribution >= 0.6 is 11.3 Å². The maximum Gasteiger partial charge on any atom is 0.191 e. The van der Waals surface area contributed by atoms with Crippen molar-refractivity contribution in [3.8, 4) is 5.75 Å². The van der Waals surface area contributed by atoms with Gasteiger partial charge in [-0.25, -0.2) is 9.98 Å². The summed E-state index contributed by atoms with van der Waals surface area (Å²) in [6, 6.07) is 8.16. The summed E-state index contributed by atoms with van der Waals surface area (Å²) in [5.41, 5.74) is 2.29. The Morgan fingerprint density at radius 3 is 2.62 bits per heavy atom. The highest BCUT2D eigenvalue weighted by Crippen LogP contribution is 2.14. The number of hydrogen-bond acceptors (Lipinski definition) is 4. The molecule has 0 fully saturated rings. The van der Waals surface area contributed by atoms with Gasteiger partial charge in [0.25, 0.3) is 0 Å². The molecule has 0 unspecified atom stereocenters. The third-order valence-corrected chi connectivity index (χ3v) is 4.43. The summed E-state index contributed by atoms with van der Waals surface area (Å²) in [4.78, 5) is 9.15. The zero-order valence-corrected chi connectivity index (χ0v) is 17.0. The highest BCUT2D eigenvalue weighted by molar-refractivity contribution is 7.09. The van der Waals surface area contributed by atoms with Gasteiger partial charge in [0.15, 0.2) is 5.96 Å². The topological polar surface area (TPSA) is 58.5 Å². The molecule has 1 heterocycles. The number of guanidine groups is 1. The molecule has 0 aliphatic rings. The third kappa shape index (κ3) is 7.44. The minimum Gasteiger partial charge on any atom is -0.493 e. The van der Waals surface area contributed by atoms with Crippen molar-refractivity contribution in [1.29, 1.82) is 0 Å². The van der Waals surface area contributed by atoms with E-state index < -0.39 is 0 Å². The predicted molar refractivity (Wildman–Crippen MR) is 110 cm³/mol. The highest BCUT2D eigenvalue weighted by Gasteiger charge is 2.02. The molecule has 0 saturated carbocycles. The van der Waals surface area contributed by atoms with Crippen LogP contribution in [0.1, 0.15) is 37.0 Å². The Balaban J connectivity index is 1.83. The maximum atomic E-state index is 5.72. The second kappa shape index (κ2) is 10.8. The van der Waals surface area contributed by atoms with Crippen molar-refractivity contribution in [2.45, 2.75) is 40.7 Å². The summed E-state index contributed by atoms with van der Waals surface area (Å²) in [7, 11) is 0. The van der Waals surface area contributed by atoms with Crippen LogP contribution in [0, 0.1) is 12.8 Å². The van der Waals surface area contributed by atoms with Crippen molar-refractivity contribution in [1.82, 2.24) is 15.6 Å². The molecule has 26 heavy (non-hydrogen) atoms. The molecule has 2 aromatic rings. The molecule has 5 nitrogen and oxygen atoms in total. The Morgan fingerprint density at radius 2 is 2.00 bits per heavy atom. The number of aliphatic imine (C=N–C) groups is 1. The molecule has 0 radical (unpaired) electrons. The van der Waals surface area contributed by atoms with Crippen LogP contribution in [0.2, 0.25) is 0 Å². The fourth-order valence-electron chi connectivity index (χ4n) is 2.30. The lowest BCUT2D eigenvalue weighted by Gasteiger charge is -2.11. The largest absolute Gasteiger partial charge is 0.493 e. The van der Waals surface area contributed by atoms with Crippen LogP contribution in [0.25, 0.3) is 0 Å². The van der Waals surface area contributed by atoms with Crippen molar-refractivity contribution in [3.05, 3.63) is 45.9 Å². The molecule has 0 bridgehead atoms. The summed E-state index contributed by atoms with van der Waals surface area (Å²) >= 11 is 1.69. The molecule has 0 spiro atoms. The minimum absolute atomic E-state index is 0.529. The Hall–Kier alpha value is -2.08. The normalized spacial score (nSPS) is 11.7. The van der Waals surface area contributed by atoms with Crippen LogP contribution in [-0.4, -0.2) is 30.6 Å². The van der Waals surface area contributed by atoms with E-state index in [2.05, 4.69) is 58.9 Å². The van der Waals surface area contributed by atoms with E-state index in [1.807, 2.05) is 19.1 Å². The molecule has 0 atom stereocenters. The molecule has 2 rings (SSSR count). The quantitative estimate of drug-likeness (QED) is 0.518. The van der Waals surface area contributed by atoms with E-state index >= 15 is 0 Å². The number of hydrogen-bond donors (Lipinski definition) is 2. The van der Waals surface area contributed by atoms with E-state index in [1.165, 1.54) is 0 Å². The average molecular weight is 375 g/mol. The van der Waals surface area contributed by atoms with Crippen molar-refractivity contribution in [2.24, 2.45) is 10.9 Å². The molecule has 1 aromatic carbocycles. The van der Waals surface area contributed by atoms with Crippen molar-refractivity contribution in [3.63, 3.8) is 0 Å². The Morgan fingerprint density at radius 1 is 1.23 bits per heavy atom. The lowest BCUT2D eigenvalue weighted by molar-refractivity contribution is 0.271. The van der Waals surface area contributed by atoms with E-state index in [4.69, 9.17) is 4.74 Å². The molecule has 1 aromatic heterocycles. The number of nitrogens with zero attached hydrogens (tertiary/aromatic N) is 2. The first-order chi connectivity index (χ1) is 12.6. The van der Waals surface area contributed by atoms with Gasteiger partial charge in [0.2, 0.25) is 0 Å². The standard InChI is InChI=1S/C20H30N4OS/c1-5-21-20(22-11-10-18-14-26-16(4)24-18)23-12-17-6-8-19(9-7-17)25-13-15(2)3/h6-9,14-15H,5,10-13H2,1-4H3,(H2,21,22,23). The smallest absolute Gasteiger partial charge is 0.191 e. The first-order valence-electron chi connectivity index (χ1n) is 9.21. The van der Waals surface area contributed by atoms with Crippen LogP contribution in [0.4, 0.5) is 0 Å². The van der Waals surface area contributed by atoms with E-state index in [0.717, 1.165) is 54.1 Å². The molecule has 0 aliphatic carbocycles. The van der Waals surface area contributed by atoms with Gasteiger partial charge in [-0.3, -0.25) is 0 Å². The Kier molecular flexibility index (Phi) is 8.41. The first kappa shape index (κ1) is 20.2. The van der Waals surface area contributed by atoms with E-state index in [-0.39, 0.29) is 0 Å². The van der Waals surface area contributed by atoms with Gasteiger partial charge < -0.3 is 15.4 Å². The van der Waals surface area contributed by atoms with Crippen LogP contribution in [0.5, 0.6) is 5.75 Å². The zero-order valence-electron chi connectivity index (χ0n) is 16.2. The second-order valence-electron chi connectivity index (χ2n) is 6.58. The van der Waals surface area contributed by atoms with Gasteiger partial charge in [-0.15, -0.1) is 11.3 Å². The van der Waals surface area contributed by atoms with Gasteiger partial charge in [-0.2, -0.15) is 0 Å². The molecule has 2 N–H and O–H groups in total. The summed E-state index contributed by atoms with van der Waals surface area (Å²) in [5.74, 6) is 2.27. The number of ether oxygens (including phenoxy) is 1. The van der Waals surface area contributed by atoms with Crippen molar-refractivity contribution in [2.75, 3.05) is 19.7 Å². The molecule has 6 heteroatoms. The fraction of sp³-hybridized carbons (Fsp3) is 0.500. The average Bonchev–Trinajstić information content (AvgIpc) is 3.04. The van der Waals surface area contributed by atoms with E-state index in [9.17, 15) is 0 Å². The highest BCUT2D eigenvalue weighted by atomic mass is 32.1. The molecule has 0 saturated heterocycles. The van der Waals surface area contributed by atoms with E-state index in [0.29, 0.717) is 12.5 Å². The molecule has 0 aliphatic heterocycles. The SMILES string of the molecule is CCNC(=NCc1ccc(OCC(C)C)cc1)NCCc1csc(C)n1. The molecule has 142 valence electrons. The van der Waals surface area contributed by atoms with Gasteiger partial charge in [0, 0.05) is 24.9 Å². The number of benzene rings is 1. The summed E-state index contributed by atoms with van der Waals surface area (Å²) < 4.78 is 5.72. The monoisotopic (exact) mass is 374 g/mol. The van der Waals surface area contributed by atoms with Gasteiger partial charge in [-0.1, -0.05) is 26.0 Å². The summed E-state index contributed by atoms with van der Waals surface area (Å²) in [6.07, 6.45) is 0.899. The maximum absolute atomic E-state index is 5.72. The van der Waals surface area contributed by atoms with Crippen LogP contribution < -0.4 is 15.4 Å². The first-order valence-corrected chi connectivity index (χ1v) is 10.1. The Bertz CT molecular complexity index is 679. The third-order valence-electron chi connectivity index (χ3n) is 3.61. The zero-order chi connectivity index (χ0) is 18.8. The molecular weight excluding hydrogens is 344 g/mol. The van der Waals surface area contributed by atoms with Gasteiger partial charge >= 0.3 is 0 Å². The van der Waals surface area contributed by atoms with E-state index in [1.54, 1.807) is 11.3 Å². The van der Waals surface area contributed by atoms with Crippen LogP contribution in [0.3, 0.4) is 0 Å². The number of nitrogens with one attached hydrogen (secondary N) is 2. The minimum atomic E-state index is 0.529. The van der Waals surface area contributed by atoms with Crippen LogP contribution in [-0.2, 0) is 13.0 Å². The predicted octanol–water partition coefficient (Wildman–Crippen LogP) is 3.78. The number of rotatable bonds is 9. The second-order valence-corrected chi connectivity index (χ2v) is 7.64. The van der Waals surface area contributed by atoms with Gasteiger partial charge in [-0.05, 0) is 37.5 Å². The number of aryl methyl sites for hydroxylation is 1. The summed E-state index contributed by atoms with van der Waals surface area (Å²) in [6.45, 7) is 11.4. The fourth-order valence-corrected chi connectivity index (χ4v) is 2.95. The molecule has 0 amide bonds.